The first kappa shape index (κ1) is 12.6. The van der Waals surface area contributed by atoms with Gasteiger partial charge in [-0.1, -0.05) is 42.5 Å². The number of alkyl halides is 3. The van der Waals surface area contributed by atoms with E-state index in [0.29, 0.717) is 10.9 Å². The Kier molecular flexibility index (Phi) is 2.71. The molecule has 20 heavy (non-hydrogen) atoms. The predicted molar refractivity (Wildman–Crippen MR) is 69.6 cm³/mol. The van der Waals surface area contributed by atoms with E-state index in [9.17, 15) is 18.0 Å². The third-order valence-electron chi connectivity index (χ3n) is 3.07. The lowest BCUT2D eigenvalue weighted by Gasteiger charge is -2.07. The van der Waals surface area contributed by atoms with Crippen LogP contribution in [0.2, 0.25) is 0 Å². The van der Waals surface area contributed by atoms with Crippen molar-refractivity contribution in [3.63, 3.8) is 0 Å². The van der Waals surface area contributed by atoms with Gasteiger partial charge in [0.25, 0.3) is 5.78 Å². The van der Waals surface area contributed by atoms with Gasteiger partial charge in [-0.25, -0.2) is 4.98 Å². The molecule has 0 aliphatic rings. The van der Waals surface area contributed by atoms with E-state index in [1.807, 2.05) is 18.2 Å². The van der Waals surface area contributed by atoms with Crippen LogP contribution in [0.3, 0.4) is 0 Å². The van der Waals surface area contributed by atoms with Gasteiger partial charge in [-0.3, -0.25) is 4.79 Å². The molecule has 0 atom stereocenters. The van der Waals surface area contributed by atoms with E-state index in [-0.39, 0.29) is 0 Å². The summed E-state index contributed by atoms with van der Waals surface area (Å²) in [6.45, 7) is 0. The van der Waals surface area contributed by atoms with Gasteiger partial charge in [0, 0.05) is 10.8 Å². The summed E-state index contributed by atoms with van der Waals surface area (Å²) in [7, 11) is 0. The second kappa shape index (κ2) is 4.30. The van der Waals surface area contributed by atoms with E-state index < -0.39 is 17.7 Å². The second-order valence-electron chi connectivity index (χ2n) is 4.38. The van der Waals surface area contributed by atoms with Gasteiger partial charge < -0.3 is 0 Å². The van der Waals surface area contributed by atoms with Crippen LogP contribution in [0.4, 0.5) is 13.2 Å². The highest BCUT2D eigenvalue weighted by molar-refractivity contribution is 6.07. The van der Waals surface area contributed by atoms with E-state index >= 15 is 0 Å². The fourth-order valence-corrected chi connectivity index (χ4v) is 2.13. The number of benzene rings is 2. The van der Waals surface area contributed by atoms with E-state index in [2.05, 4.69) is 4.98 Å². The normalized spacial score (nSPS) is 11.9. The molecule has 100 valence electrons. The van der Waals surface area contributed by atoms with E-state index in [1.165, 1.54) is 6.07 Å². The molecule has 0 radical (unpaired) electrons. The number of hydrogen-bond donors (Lipinski definition) is 0. The molecule has 0 unspecified atom stereocenters. The highest BCUT2D eigenvalue weighted by Crippen LogP contribution is 2.26. The molecule has 0 spiro atoms. The SMILES string of the molecule is O=C(c1ccc2ccc3ccccc3c2n1)C(F)(F)F. The molecule has 0 aliphatic carbocycles. The maximum atomic E-state index is 12.5. The Morgan fingerprint density at radius 1 is 0.900 bits per heavy atom. The number of pyridine rings is 1. The first-order valence-electron chi connectivity index (χ1n) is 5.87. The summed E-state index contributed by atoms with van der Waals surface area (Å²) < 4.78 is 37.4. The van der Waals surface area contributed by atoms with Gasteiger partial charge in [-0.15, -0.1) is 0 Å². The fourth-order valence-electron chi connectivity index (χ4n) is 2.13. The number of Topliss-reactive ketones (excluding diaryl/α,β-unsaturated/α-hetero) is 1. The Hall–Kier alpha value is -2.43. The largest absolute Gasteiger partial charge is 0.456 e. The monoisotopic (exact) mass is 275 g/mol. The Morgan fingerprint density at radius 2 is 1.55 bits per heavy atom. The van der Waals surface area contributed by atoms with Crippen LogP contribution in [0.5, 0.6) is 0 Å². The first-order chi connectivity index (χ1) is 9.47. The second-order valence-corrected chi connectivity index (χ2v) is 4.38. The maximum absolute atomic E-state index is 12.5. The highest BCUT2D eigenvalue weighted by Gasteiger charge is 2.40. The van der Waals surface area contributed by atoms with Gasteiger partial charge >= 0.3 is 6.18 Å². The number of aromatic nitrogens is 1. The number of rotatable bonds is 1. The van der Waals surface area contributed by atoms with Crippen molar-refractivity contribution in [3.05, 3.63) is 54.2 Å². The fraction of sp³-hybridized carbons (Fsp3) is 0.0667. The average molecular weight is 275 g/mol. The minimum absolute atomic E-state index is 0.401. The maximum Gasteiger partial charge on any atom is 0.456 e. The molecular formula is C15H8F3NO. The standard InChI is InChI=1S/C15H8F3NO/c16-15(17,18)14(20)12-8-7-10-6-5-9-3-1-2-4-11(9)13(10)19-12/h1-8H. The van der Waals surface area contributed by atoms with Crippen molar-refractivity contribution in [1.82, 2.24) is 4.98 Å². The van der Waals surface area contributed by atoms with Crippen LogP contribution in [0.1, 0.15) is 10.5 Å². The number of carbonyl (C=O) groups excluding carboxylic acids is 1. The lowest BCUT2D eigenvalue weighted by atomic mass is 10.1. The molecule has 5 heteroatoms. The van der Waals surface area contributed by atoms with Gasteiger partial charge in [0.1, 0.15) is 5.69 Å². The molecule has 0 aliphatic heterocycles. The number of hydrogen-bond acceptors (Lipinski definition) is 2. The van der Waals surface area contributed by atoms with Gasteiger partial charge in [-0.05, 0) is 11.5 Å². The molecule has 0 fully saturated rings. The Balaban J connectivity index is 2.29. The Morgan fingerprint density at radius 3 is 2.30 bits per heavy atom. The van der Waals surface area contributed by atoms with Gasteiger partial charge in [-0.2, -0.15) is 13.2 Å². The zero-order valence-electron chi connectivity index (χ0n) is 10.1. The Labute approximate surface area is 111 Å². The molecule has 3 aromatic rings. The molecule has 0 amide bonds. The van der Waals surface area contributed by atoms with Crippen molar-refractivity contribution < 1.29 is 18.0 Å². The summed E-state index contributed by atoms with van der Waals surface area (Å²) >= 11 is 0. The summed E-state index contributed by atoms with van der Waals surface area (Å²) in [6.07, 6.45) is -4.91. The highest BCUT2D eigenvalue weighted by atomic mass is 19.4. The zero-order valence-corrected chi connectivity index (χ0v) is 10.1. The quantitative estimate of drug-likeness (QED) is 0.493. The van der Waals surface area contributed by atoms with Crippen LogP contribution in [-0.2, 0) is 0 Å². The summed E-state index contributed by atoms with van der Waals surface area (Å²) in [5.74, 6) is -1.92. The minimum atomic E-state index is -4.91. The molecule has 0 saturated heterocycles. The van der Waals surface area contributed by atoms with E-state index in [0.717, 1.165) is 16.8 Å². The lowest BCUT2D eigenvalue weighted by Crippen LogP contribution is -2.23. The molecular weight excluding hydrogens is 267 g/mol. The van der Waals surface area contributed by atoms with Crippen molar-refractivity contribution in [1.29, 1.82) is 0 Å². The molecule has 0 N–H and O–H groups in total. The average Bonchev–Trinajstić information content (AvgIpc) is 2.45. The van der Waals surface area contributed by atoms with Crippen LogP contribution < -0.4 is 0 Å². The minimum Gasteiger partial charge on any atom is -0.282 e. The van der Waals surface area contributed by atoms with Crippen LogP contribution in [0.15, 0.2) is 48.5 Å². The van der Waals surface area contributed by atoms with Crippen molar-refractivity contribution >= 4 is 27.5 Å². The number of halogens is 3. The van der Waals surface area contributed by atoms with Gasteiger partial charge in [0.15, 0.2) is 0 Å². The smallest absolute Gasteiger partial charge is 0.282 e. The van der Waals surface area contributed by atoms with Crippen molar-refractivity contribution in [2.75, 3.05) is 0 Å². The van der Waals surface area contributed by atoms with Crippen molar-refractivity contribution in [2.45, 2.75) is 6.18 Å². The first-order valence-corrected chi connectivity index (χ1v) is 5.87. The molecule has 1 heterocycles. The topological polar surface area (TPSA) is 30.0 Å². The molecule has 2 aromatic carbocycles. The van der Waals surface area contributed by atoms with Gasteiger partial charge in [0.2, 0.25) is 0 Å². The number of nitrogens with zero attached hydrogens (tertiary/aromatic N) is 1. The summed E-state index contributed by atoms with van der Waals surface area (Å²) in [5, 5.41) is 2.29. The summed E-state index contributed by atoms with van der Waals surface area (Å²) in [6, 6.07) is 13.4. The van der Waals surface area contributed by atoms with E-state index in [1.54, 1.807) is 18.2 Å². The molecule has 3 rings (SSSR count). The third-order valence-corrected chi connectivity index (χ3v) is 3.07. The third kappa shape index (κ3) is 2.01. The van der Waals surface area contributed by atoms with Gasteiger partial charge in [0.05, 0.1) is 5.52 Å². The molecule has 0 saturated carbocycles. The molecule has 2 nitrogen and oxygen atoms in total. The van der Waals surface area contributed by atoms with Crippen LogP contribution in [-0.4, -0.2) is 16.9 Å². The zero-order chi connectivity index (χ0) is 14.3. The van der Waals surface area contributed by atoms with Crippen molar-refractivity contribution in [2.24, 2.45) is 0 Å². The van der Waals surface area contributed by atoms with E-state index in [4.69, 9.17) is 0 Å². The number of ketones is 1. The number of fused-ring (bicyclic) bond motifs is 3. The lowest BCUT2D eigenvalue weighted by molar-refractivity contribution is -0.0888. The predicted octanol–water partition coefficient (Wildman–Crippen LogP) is 4.13. The number of carbonyl (C=O) groups is 1. The molecule has 1 aromatic heterocycles. The summed E-state index contributed by atoms with van der Waals surface area (Å²) in [5.41, 5.74) is -0.181. The van der Waals surface area contributed by atoms with Crippen LogP contribution in [0, 0.1) is 0 Å². The van der Waals surface area contributed by atoms with Crippen LogP contribution in [0.25, 0.3) is 21.7 Å². The van der Waals surface area contributed by atoms with Crippen LogP contribution >= 0.6 is 0 Å². The Bertz CT molecular complexity index is 824. The summed E-state index contributed by atoms with van der Waals surface area (Å²) in [4.78, 5) is 15.2. The van der Waals surface area contributed by atoms with Crippen molar-refractivity contribution in [3.8, 4) is 0 Å². The molecule has 0 bridgehead atoms.